The molecule has 2 rings (SSSR count). The van der Waals surface area contributed by atoms with Gasteiger partial charge in [-0.25, -0.2) is 13.2 Å². The van der Waals surface area contributed by atoms with E-state index in [4.69, 9.17) is 0 Å². The van der Waals surface area contributed by atoms with Crippen molar-refractivity contribution in [3.8, 4) is 0 Å². The largest absolute Gasteiger partial charge is 0.465 e. The molecule has 5 nitrogen and oxygen atoms in total. The number of carbonyl (C=O) groups is 1. The maximum absolute atomic E-state index is 13.0. The monoisotopic (exact) mass is 347 g/mol. The van der Waals surface area contributed by atoms with Gasteiger partial charge in [-0.15, -0.1) is 0 Å². The molecular weight excluding hydrogens is 326 g/mol. The molecule has 0 radical (unpaired) electrons. The Labute approximate surface area is 142 Å². The normalized spacial score (nSPS) is 11.5. The molecule has 128 valence electrons. The molecule has 0 atom stereocenters. The summed E-state index contributed by atoms with van der Waals surface area (Å²) in [5.74, 6) is -0.558. The minimum Gasteiger partial charge on any atom is -0.465 e. The van der Waals surface area contributed by atoms with E-state index in [2.05, 4.69) is 4.74 Å². The number of hydrogen-bond acceptors (Lipinski definition) is 4. The molecule has 0 aliphatic rings. The van der Waals surface area contributed by atoms with Gasteiger partial charge in [0.2, 0.25) is 10.0 Å². The fourth-order valence-electron chi connectivity index (χ4n) is 2.42. The van der Waals surface area contributed by atoms with Crippen molar-refractivity contribution in [3.05, 3.63) is 65.2 Å². The smallest absolute Gasteiger partial charge is 0.337 e. The van der Waals surface area contributed by atoms with Crippen LogP contribution in [0.3, 0.4) is 0 Å². The number of aryl methyl sites for hydroxylation is 1. The van der Waals surface area contributed by atoms with Crippen LogP contribution in [0.5, 0.6) is 0 Å². The third-order valence-corrected chi connectivity index (χ3v) is 5.84. The van der Waals surface area contributed by atoms with Crippen LogP contribution in [0.25, 0.3) is 0 Å². The number of carbonyl (C=O) groups excluding carboxylic acids is 1. The average molecular weight is 347 g/mol. The van der Waals surface area contributed by atoms with Gasteiger partial charge < -0.3 is 4.74 Å². The molecular formula is C18H21NO4S. The second-order valence-corrected chi connectivity index (χ2v) is 7.30. The van der Waals surface area contributed by atoms with Gasteiger partial charge in [0.1, 0.15) is 0 Å². The van der Waals surface area contributed by atoms with Crippen LogP contribution in [-0.2, 0) is 21.3 Å². The summed E-state index contributed by atoms with van der Waals surface area (Å²) < 4.78 is 32.1. The van der Waals surface area contributed by atoms with E-state index in [9.17, 15) is 13.2 Å². The molecule has 0 N–H and O–H groups in total. The van der Waals surface area contributed by atoms with Gasteiger partial charge in [0, 0.05) is 13.1 Å². The molecule has 0 spiro atoms. The van der Waals surface area contributed by atoms with Gasteiger partial charge in [0.05, 0.1) is 17.6 Å². The Morgan fingerprint density at radius 1 is 1.12 bits per heavy atom. The molecule has 0 aromatic heterocycles. The summed E-state index contributed by atoms with van der Waals surface area (Å²) in [7, 11) is -2.45. The minimum absolute atomic E-state index is 0.128. The van der Waals surface area contributed by atoms with Crippen LogP contribution < -0.4 is 0 Å². The summed E-state index contributed by atoms with van der Waals surface area (Å²) in [5.41, 5.74) is 1.72. The van der Waals surface area contributed by atoms with E-state index < -0.39 is 16.0 Å². The molecule has 0 aliphatic carbocycles. The Morgan fingerprint density at radius 2 is 1.79 bits per heavy atom. The van der Waals surface area contributed by atoms with Crippen molar-refractivity contribution in [2.75, 3.05) is 13.7 Å². The fraction of sp³-hybridized carbons (Fsp3) is 0.278. The molecule has 24 heavy (non-hydrogen) atoms. The predicted octanol–water partition coefficient (Wildman–Crippen LogP) is 2.99. The van der Waals surface area contributed by atoms with Crippen LogP contribution in [0.1, 0.15) is 28.4 Å². The van der Waals surface area contributed by atoms with Crippen molar-refractivity contribution in [3.63, 3.8) is 0 Å². The lowest BCUT2D eigenvalue weighted by Gasteiger charge is -2.22. The Hall–Kier alpha value is -2.18. The summed E-state index contributed by atoms with van der Waals surface area (Å²) >= 11 is 0. The highest BCUT2D eigenvalue weighted by Crippen LogP contribution is 2.23. The molecule has 0 saturated heterocycles. The first-order chi connectivity index (χ1) is 11.4. The Bertz CT molecular complexity index is 816. The summed E-state index contributed by atoms with van der Waals surface area (Å²) in [5, 5.41) is 0. The molecule has 2 aromatic carbocycles. The number of ether oxygens (including phenoxy) is 1. The van der Waals surface area contributed by atoms with Gasteiger partial charge in [0.15, 0.2) is 0 Å². The third-order valence-electron chi connectivity index (χ3n) is 3.78. The molecule has 0 bridgehead atoms. The quantitative estimate of drug-likeness (QED) is 0.754. The number of benzene rings is 2. The summed E-state index contributed by atoms with van der Waals surface area (Å²) in [6.07, 6.45) is 0. The van der Waals surface area contributed by atoms with Crippen LogP contribution >= 0.6 is 0 Å². The molecule has 0 heterocycles. The van der Waals surface area contributed by atoms with E-state index in [0.29, 0.717) is 12.1 Å². The average Bonchev–Trinajstić information content (AvgIpc) is 2.59. The van der Waals surface area contributed by atoms with Crippen molar-refractivity contribution in [2.24, 2.45) is 0 Å². The molecule has 6 heteroatoms. The Morgan fingerprint density at radius 3 is 2.38 bits per heavy atom. The lowest BCUT2D eigenvalue weighted by molar-refractivity contribution is 0.0600. The first-order valence-electron chi connectivity index (χ1n) is 7.63. The standard InChI is InChI=1S/C18H21NO4S/c1-4-19(13-15-8-6-5-7-9-15)24(21,22)17-12-16(18(20)23-3)11-10-14(17)2/h5-12H,4,13H2,1-3H3. The van der Waals surface area contributed by atoms with Gasteiger partial charge in [0.25, 0.3) is 0 Å². The van der Waals surface area contributed by atoms with Crippen molar-refractivity contribution < 1.29 is 17.9 Å². The first kappa shape index (κ1) is 18.2. The minimum atomic E-state index is -3.72. The van der Waals surface area contributed by atoms with Crippen LogP contribution in [-0.4, -0.2) is 32.3 Å². The van der Waals surface area contributed by atoms with Crippen LogP contribution in [0.15, 0.2) is 53.4 Å². The van der Waals surface area contributed by atoms with Crippen LogP contribution in [0, 0.1) is 6.92 Å². The molecule has 0 fully saturated rings. The topological polar surface area (TPSA) is 63.7 Å². The molecule has 0 amide bonds. The number of esters is 1. The Kier molecular flexibility index (Phi) is 5.75. The SMILES string of the molecule is CCN(Cc1ccccc1)S(=O)(=O)c1cc(C(=O)OC)ccc1C. The van der Waals surface area contributed by atoms with E-state index >= 15 is 0 Å². The number of nitrogens with zero attached hydrogens (tertiary/aromatic N) is 1. The Balaban J connectivity index is 2.42. The van der Waals surface area contributed by atoms with E-state index in [1.165, 1.54) is 17.5 Å². The lowest BCUT2D eigenvalue weighted by Crippen LogP contribution is -2.31. The number of methoxy groups -OCH3 is 1. The zero-order chi connectivity index (χ0) is 17.7. The highest BCUT2D eigenvalue weighted by atomic mass is 32.2. The lowest BCUT2D eigenvalue weighted by atomic mass is 10.1. The van der Waals surface area contributed by atoms with Crippen molar-refractivity contribution >= 4 is 16.0 Å². The zero-order valence-electron chi connectivity index (χ0n) is 14.0. The van der Waals surface area contributed by atoms with E-state index in [0.717, 1.165) is 5.56 Å². The van der Waals surface area contributed by atoms with Gasteiger partial charge >= 0.3 is 5.97 Å². The maximum Gasteiger partial charge on any atom is 0.337 e. The van der Waals surface area contributed by atoms with Gasteiger partial charge in [-0.2, -0.15) is 4.31 Å². The van der Waals surface area contributed by atoms with Crippen LogP contribution in [0.2, 0.25) is 0 Å². The van der Waals surface area contributed by atoms with Gasteiger partial charge in [-0.1, -0.05) is 43.3 Å². The summed E-state index contributed by atoms with van der Waals surface area (Å²) in [6, 6.07) is 14.0. The highest BCUT2D eigenvalue weighted by Gasteiger charge is 2.26. The van der Waals surface area contributed by atoms with Crippen LogP contribution in [0.4, 0.5) is 0 Å². The van der Waals surface area contributed by atoms with Gasteiger partial charge in [-0.05, 0) is 30.2 Å². The summed E-state index contributed by atoms with van der Waals surface area (Å²) in [6.45, 7) is 4.12. The predicted molar refractivity (Wildman–Crippen MR) is 92.2 cm³/mol. The number of rotatable bonds is 6. The molecule has 0 saturated carbocycles. The molecule has 2 aromatic rings. The number of sulfonamides is 1. The van der Waals surface area contributed by atoms with Crippen molar-refractivity contribution in [1.82, 2.24) is 4.31 Å². The first-order valence-corrected chi connectivity index (χ1v) is 9.07. The highest BCUT2D eigenvalue weighted by molar-refractivity contribution is 7.89. The molecule has 0 aliphatic heterocycles. The van der Waals surface area contributed by atoms with Crippen molar-refractivity contribution in [1.29, 1.82) is 0 Å². The fourth-order valence-corrected chi connectivity index (χ4v) is 4.10. The van der Waals surface area contributed by atoms with E-state index in [-0.39, 0.29) is 17.0 Å². The second-order valence-electron chi connectivity index (χ2n) is 5.39. The van der Waals surface area contributed by atoms with Crippen molar-refractivity contribution in [2.45, 2.75) is 25.3 Å². The second kappa shape index (κ2) is 7.59. The maximum atomic E-state index is 13.0. The van der Waals surface area contributed by atoms with E-state index in [1.54, 1.807) is 26.0 Å². The van der Waals surface area contributed by atoms with E-state index in [1.807, 2.05) is 30.3 Å². The number of hydrogen-bond donors (Lipinski definition) is 0. The third kappa shape index (κ3) is 3.83. The molecule has 0 unspecified atom stereocenters. The summed E-state index contributed by atoms with van der Waals surface area (Å²) in [4.78, 5) is 11.8. The zero-order valence-corrected chi connectivity index (χ0v) is 14.8. The van der Waals surface area contributed by atoms with Gasteiger partial charge in [-0.3, -0.25) is 0 Å².